The van der Waals surface area contributed by atoms with Crippen LogP contribution in [0.25, 0.3) is 0 Å². The third-order valence-corrected chi connectivity index (χ3v) is 5.75. The Kier molecular flexibility index (Phi) is 7.13. The van der Waals surface area contributed by atoms with E-state index in [4.69, 9.17) is 4.74 Å². The van der Waals surface area contributed by atoms with Gasteiger partial charge in [-0.25, -0.2) is 10.9 Å². The van der Waals surface area contributed by atoms with Crippen molar-refractivity contribution >= 4 is 29.3 Å². The summed E-state index contributed by atoms with van der Waals surface area (Å²) in [7, 11) is 1.62. The van der Waals surface area contributed by atoms with Gasteiger partial charge in [0, 0.05) is 5.69 Å². The second kappa shape index (κ2) is 9.78. The molecule has 2 unspecified atom stereocenters. The number of thioether (sulfide) groups is 1. The molecule has 0 spiro atoms. The largest absolute Gasteiger partial charge is 0.497 e. The number of aryl methyl sites for hydroxylation is 2. The summed E-state index contributed by atoms with van der Waals surface area (Å²) in [5.41, 5.74) is 9.83. The van der Waals surface area contributed by atoms with Gasteiger partial charge >= 0.3 is 0 Å². The monoisotopic (exact) mass is 414 g/mol. The van der Waals surface area contributed by atoms with Crippen LogP contribution in [0.15, 0.2) is 42.5 Å². The minimum atomic E-state index is -0.385. The van der Waals surface area contributed by atoms with Gasteiger partial charge in [-0.3, -0.25) is 9.59 Å². The molecule has 0 saturated carbocycles. The number of hydrogen-bond acceptors (Lipinski definition) is 6. The summed E-state index contributed by atoms with van der Waals surface area (Å²) < 4.78 is 5.15. The molecule has 29 heavy (non-hydrogen) atoms. The van der Waals surface area contributed by atoms with Gasteiger partial charge in [0.15, 0.2) is 0 Å². The van der Waals surface area contributed by atoms with Crippen LogP contribution in [-0.4, -0.2) is 36.2 Å². The lowest BCUT2D eigenvalue weighted by molar-refractivity contribution is -0.125. The van der Waals surface area contributed by atoms with E-state index in [0.717, 1.165) is 22.6 Å². The Hall–Kier alpha value is -2.55. The Bertz CT molecular complexity index is 873. The van der Waals surface area contributed by atoms with Crippen molar-refractivity contribution in [2.24, 2.45) is 0 Å². The van der Waals surface area contributed by atoms with E-state index in [-0.39, 0.29) is 29.1 Å². The van der Waals surface area contributed by atoms with Crippen molar-refractivity contribution in [1.82, 2.24) is 16.2 Å². The molecule has 2 amide bonds. The molecule has 7 nitrogen and oxygen atoms in total. The topological polar surface area (TPSA) is 91.5 Å². The normalized spacial score (nSPS) is 18.8. The van der Waals surface area contributed by atoms with E-state index in [0.29, 0.717) is 6.42 Å². The maximum Gasteiger partial charge on any atom is 0.240 e. The van der Waals surface area contributed by atoms with Crippen molar-refractivity contribution in [2.75, 3.05) is 18.2 Å². The molecule has 0 bridgehead atoms. The first-order valence-corrected chi connectivity index (χ1v) is 10.4. The van der Waals surface area contributed by atoms with Gasteiger partial charge in [-0.05, 0) is 61.2 Å². The van der Waals surface area contributed by atoms with Crippen LogP contribution in [-0.2, 0) is 16.0 Å². The number of benzene rings is 2. The number of anilines is 1. The maximum atomic E-state index is 12.4. The molecule has 0 aliphatic carbocycles. The second-order valence-electron chi connectivity index (χ2n) is 6.94. The van der Waals surface area contributed by atoms with Crippen molar-refractivity contribution in [1.29, 1.82) is 0 Å². The highest BCUT2D eigenvalue weighted by atomic mass is 32.2. The SMILES string of the molecule is COc1ccc(CC2NNC(SCC(=O)Nc3ccc(C)c(C)c3)NC2=O)cc1. The van der Waals surface area contributed by atoms with Crippen LogP contribution in [0.1, 0.15) is 16.7 Å². The molecule has 1 fully saturated rings. The van der Waals surface area contributed by atoms with Gasteiger partial charge in [0.2, 0.25) is 11.8 Å². The van der Waals surface area contributed by atoms with Gasteiger partial charge in [0.25, 0.3) is 0 Å². The molecule has 2 aromatic rings. The zero-order valence-corrected chi connectivity index (χ0v) is 17.6. The molecule has 1 aliphatic rings. The zero-order chi connectivity index (χ0) is 20.8. The van der Waals surface area contributed by atoms with Crippen LogP contribution in [0, 0.1) is 13.8 Å². The number of hydrazine groups is 1. The van der Waals surface area contributed by atoms with Crippen LogP contribution < -0.4 is 26.2 Å². The smallest absolute Gasteiger partial charge is 0.240 e. The standard InChI is InChI=1S/C21H26N4O3S/c1-13-4-7-16(10-14(13)2)22-19(26)12-29-21-23-20(27)18(24-25-21)11-15-5-8-17(28-3)9-6-15/h4-10,18,21,24-25H,11-12H2,1-3H3,(H,22,26)(H,23,27). The predicted molar refractivity (Wildman–Crippen MR) is 116 cm³/mol. The van der Waals surface area contributed by atoms with Gasteiger partial charge in [0.1, 0.15) is 17.3 Å². The first-order chi connectivity index (χ1) is 13.9. The van der Waals surface area contributed by atoms with E-state index in [1.807, 2.05) is 56.3 Å². The van der Waals surface area contributed by atoms with E-state index >= 15 is 0 Å². The van der Waals surface area contributed by atoms with E-state index in [9.17, 15) is 9.59 Å². The van der Waals surface area contributed by atoms with Gasteiger partial charge in [-0.15, -0.1) is 11.8 Å². The number of amides is 2. The molecule has 1 saturated heterocycles. The Morgan fingerprint density at radius 2 is 1.86 bits per heavy atom. The first-order valence-electron chi connectivity index (χ1n) is 9.37. The fourth-order valence-electron chi connectivity index (χ4n) is 2.91. The molecule has 1 heterocycles. The van der Waals surface area contributed by atoms with Crippen LogP contribution in [0.5, 0.6) is 5.75 Å². The molecule has 4 N–H and O–H groups in total. The lowest BCUT2D eigenvalue weighted by Crippen LogP contribution is -2.64. The number of methoxy groups -OCH3 is 1. The molecule has 2 atom stereocenters. The summed E-state index contributed by atoms with van der Waals surface area (Å²) in [5.74, 6) is 0.778. The minimum absolute atomic E-state index is 0.105. The van der Waals surface area contributed by atoms with E-state index in [1.54, 1.807) is 7.11 Å². The Balaban J connectivity index is 1.43. The van der Waals surface area contributed by atoms with E-state index in [1.165, 1.54) is 17.3 Å². The average molecular weight is 415 g/mol. The molecule has 0 radical (unpaired) electrons. The summed E-state index contributed by atoms with van der Waals surface area (Å²) >= 11 is 1.31. The van der Waals surface area contributed by atoms with Gasteiger partial charge in [-0.1, -0.05) is 18.2 Å². The number of hydrogen-bond donors (Lipinski definition) is 4. The lowest BCUT2D eigenvalue weighted by atomic mass is 10.1. The van der Waals surface area contributed by atoms with Gasteiger partial charge < -0.3 is 15.4 Å². The summed E-state index contributed by atoms with van der Waals surface area (Å²) in [4.78, 5) is 24.6. The zero-order valence-electron chi connectivity index (χ0n) is 16.7. The number of ether oxygens (including phenoxy) is 1. The predicted octanol–water partition coefficient (Wildman–Crippen LogP) is 2.10. The third kappa shape index (κ3) is 5.96. The van der Waals surface area contributed by atoms with Crippen molar-refractivity contribution in [2.45, 2.75) is 31.8 Å². The van der Waals surface area contributed by atoms with Crippen molar-refractivity contribution in [3.8, 4) is 5.75 Å². The van der Waals surface area contributed by atoms with Crippen LogP contribution in [0.2, 0.25) is 0 Å². The average Bonchev–Trinajstić information content (AvgIpc) is 2.71. The van der Waals surface area contributed by atoms with Crippen LogP contribution in [0.3, 0.4) is 0 Å². The summed E-state index contributed by atoms with van der Waals surface area (Å²) in [5, 5.41) is 5.77. The maximum absolute atomic E-state index is 12.4. The van der Waals surface area contributed by atoms with Crippen molar-refractivity contribution < 1.29 is 14.3 Å². The Morgan fingerprint density at radius 1 is 1.10 bits per heavy atom. The minimum Gasteiger partial charge on any atom is -0.497 e. The number of carbonyl (C=O) groups is 2. The summed E-state index contributed by atoms with van der Waals surface area (Å²) in [6, 6.07) is 13.0. The number of nitrogens with one attached hydrogen (secondary N) is 4. The van der Waals surface area contributed by atoms with Crippen molar-refractivity contribution in [3.63, 3.8) is 0 Å². The first kappa shape index (κ1) is 21.2. The fraction of sp³-hybridized carbons (Fsp3) is 0.333. The van der Waals surface area contributed by atoms with E-state index in [2.05, 4.69) is 21.5 Å². The molecular formula is C21H26N4O3S. The number of rotatable bonds is 7. The summed E-state index contributed by atoms with van der Waals surface area (Å²) in [6.07, 6.45) is 0.549. The van der Waals surface area contributed by atoms with Gasteiger partial charge in [0.05, 0.1) is 12.9 Å². The molecule has 154 valence electrons. The molecule has 2 aromatic carbocycles. The Morgan fingerprint density at radius 3 is 2.52 bits per heavy atom. The number of carbonyl (C=O) groups excluding carboxylic acids is 2. The highest BCUT2D eigenvalue weighted by Crippen LogP contribution is 2.16. The lowest BCUT2D eigenvalue weighted by Gasteiger charge is -2.31. The molecule has 1 aliphatic heterocycles. The summed E-state index contributed by atoms with van der Waals surface area (Å²) in [6.45, 7) is 4.04. The van der Waals surface area contributed by atoms with Crippen LogP contribution in [0.4, 0.5) is 5.69 Å². The third-order valence-electron chi connectivity index (χ3n) is 4.75. The molecular weight excluding hydrogens is 388 g/mol. The molecule has 8 heteroatoms. The van der Waals surface area contributed by atoms with Crippen molar-refractivity contribution in [3.05, 3.63) is 59.2 Å². The van der Waals surface area contributed by atoms with E-state index < -0.39 is 0 Å². The van der Waals surface area contributed by atoms with Crippen LogP contribution >= 0.6 is 11.8 Å². The highest BCUT2D eigenvalue weighted by Gasteiger charge is 2.27. The second-order valence-corrected chi connectivity index (χ2v) is 8.03. The fourth-order valence-corrected chi connectivity index (χ4v) is 3.65. The highest BCUT2D eigenvalue weighted by molar-refractivity contribution is 8.00. The van der Waals surface area contributed by atoms with Gasteiger partial charge in [-0.2, -0.15) is 0 Å². The quantitative estimate of drug-likeness (QED) is 0.555. The Labute approximate surface area is 174 Å². The molecule has 0 aromatic heterocycles. The molecule has 3 rings (SSSR count).